The molecule has 0 aliphatic heterocycles. The first-order chi connectivity index (χ1) is 10.1. The second kappa shape index (κ2) is 5.83. The van der Waals surface area contributed by atoms with Crippen LogP contribution < -0.4 is 5.32 Å². The van der Waals surface area contributed by atoms with E-state index in [0.717, 1.165) is 24.5 Å². The van der Waals surface area contributed by atoms with Crippen LogP contribution in [0.3, 0.4) is 0 Å². The Morgan fingerprint density at radius 1 is 1.48 bits per heavy atom. The fourth-order valence-corrected chi connectivity index (χ4v) is 2.33. The van der Waals surface area contributed by atoms with E-state index in [4.69, 9.17) is 11.6 Å². The third kappa shape index (κ3) is 3.40. The van der Waals surface area contributed by atoms with E-state index in [-0.39, 0.29) is 10.7 Å². The zero-order valence-corrected chi connectivity index (χ0v) is 12.1. The molecule has 2 aromatic rings. The number of aromatic nitrogens is 2. The molecule has 0 amide bonds. The van der Waals surface area contributed by atoms with Crippen molar-refractivity contribution in [2.24, 2.45) is 0 Å². The van der Waals surface area contributed by atoms with Crippen molar-refractivity contribution < 1.29 is 4.92 Å². The van der Waals surface area contributed by atoms with Gasteiger partial charge >= 0.3 is 0 Å². The topological polar surface area (TPSA) is 83.8 Å². The van der Waals surface area contributed by atoms with Crippen molar-refractivity contribution in [1.29, 1.82) is 0 Å². The fraction of sp³-hybridized carbons (Fsp3) is 0.357. The Labute approximate surface area is 126 Å². The van der Waals surface area contributed by atoms with Crippen LogP contribution in [0.4, 0.5) is 5.69 Å². The number of benzene rings is 1. The van der Waals surface area contributed by atoms with Gasteiger partial charge in [-0.05, 0) is 18.9 Å². The van der Waals surface area contributed by atoms with Gasteiger partial charge in [0.2, 0.25) is 0 Å². The molecule has 2 N–H and O–H groups in total. The number of H-pyrrole nitrogens is 1. The molecule has 1 aliphatic rings. The van der Waals surface area contributed by atoms with E-state index in [2.05, 4.69) is 15.3 Å². The van der Waals surface area contributed by atoms with E-state index in [1.54, 1.807) is 12.3 Å². The van der Waals surface area contributed by atoms with Crippen LogP contribution in [-0.4, -0.2) is 27.5 Å². The molecule has 0 radical (unpaired) electrons. The van der Waals surface area contributed by atoms with Gasteiger partial charge in [-0.2, -0.15) is 0 Å². The lowest BCUT2D eigenvalue weighted by atomic mass is 10.1. The van der Waals surface area contributed by atoms with Crippen molar-refractivity contribution in [2.75, 3.05) is 6.54 Å². The summed E-state index contributed by atoms with van der Waals surface area (Å²) in [6, 6.07) is 5.42. The molecule has 1 saturated carbocycles. The van der Waals surface area contributed by atoms with Crippen molar-refractivity contribution in [3.8, 4) is 11.3 Å². The SMILES string of the molecule is O=[N+]([O-])c1cc(-c2cnc(CCNC3CC3)[nH]2)ccc1Cl. The molecule has 7 heteroatoms. The van der Waals surface area contributed by atoms with Crippen LogP contribution in [0.1, 0.15) is 18.7 Å². The summed E-state index contributed by atoms with van der Waals surface area (Å²) in [5, 5.41) is 14.5. The van der Waals surface area contributed by atoms with Crippen LogP contribution >= 0.6 is 11.6 Å². The summed E-state index contributed by atoms with van der Waals surface area (Å²) in [5.41, 5.74) is 1.37. The van der Waals surface area contributed by atoms with E-state index >= 15 is 0 Å². The Balaban J connectivity index is 1.72. The average Bonchev–Trinajstić information content (AvgIpc) is 3.16. The number of nitrogens with zero attached hydrogens (tertiary/aromatic N) is 2. The summed E-state index contributed by atoms with van der Waals surface area (Å²) >= 11 is 5.81. The van der Waals surface area contributed by atoms with Crippen molar-refractivity contribution in [3.63, 3.8) is 0 Å². The number of imidazole rings is 1. The van der Waals surface area contributed by atoms with Crippen molar-refractivity contribution in [3.05, 3.63) is 45.4 Å². The standard InChI is InChI=1S/C14H15ClN4O2/c15-11-4-1-9(7-13(11)19(20)21)12-8-17-14(18-12)5-6-16-10-2-3-10/h1,4,7-8,10,16H,2-3,5-6H2,(H,17,18). The molecule has 21 heavy (non-hydrogen) atoms. The fourth-order valence-electron chi connectivity index (χ4n) is 2.14. The number of hydrogen-bond donors (Lipinski definition) is 2. The van der Waals surface area contributed by atoms with E-state index in [1.807, 2.05) is 0 Å². The second-order valence-electron chi connectivity index (χ2n) is 5.15. The second-order valence-corrected chi connectivity index (χ2v) is 5.55. The highest BCUT2D eigenvalue weighted by molar-refractivity contribution is 6.32. The minimum atomic E-state index is -0.483. The first-order valence-corrected chi connectivity index (χ1v) is 7.23. The highest BCUT2D eigenvalue weighted by atomic mass is 35.5. The van der Waals surface area contributed by atoms with Gasteiger partial charge in [0.25, 0.3) is 5.69 Å². The monoisotopic (exact) mass is 306 g/mol. The Bertz CT molecular complexity index is 667. The molecule has 1 aromatic carbocycles. The Hall–Kier alpha value is -1.92. The number of nitro groups is 1. The van der Waals surface area contributed by atoms with Gasteiger partial charge in [0, 0.05) is 30.6 Å². The molecule has 0 bridgehead atoms. The lowest BCUT2D eigenvalue weighted by Crippen LogP contribution is -2.19. The van der Waals surface area contributed by atoms with Crippen LogP contribution in [0.5, 0.6) is 0 Å². The minimum Gasteiger partial charge on any atom is -0.342 e. The largest absolute Gasteiger partial charge is 0.342 e. The van der Waals surface area contributed by atoms with Crippen LogP contribution in [0.15, 0.2) is 24.4 Å². The Morgan fingerprint density at radius 3 is 3.00 bits per heavy atom. The molecule has 1 aromatic heterocycles. The lowest BCUT2D eigenvalue weighted by molar-refractivity contribution is -0.384. The third-order valence-corrected chi connectivity index (χ3v) is 3.77. The Kier molecular flexibility index (Phi) is 3.90. The van der Waals surface area contributed by atoms with E-state index in [0.29, 0.717) is 11.6 Å². The first kappa shape index (κ1) is 14.0. The summed E-state index contributed by atoms with van der Waals surface area (Å²) in [6.45, 7) is 0.887. The third-order valence-electron chi connectivity index (χ3n) is 3.45. The quantitative estimate of drug-likeness (QED) is 0.635. The van der Waals surface area contributed by atoms with Crippen molar-refractivity contribution >= 4 is 17.3 Å². The highest BCUT2D eigenvalue weighted by Gasteiger charge is 2.20. The molecule has 0 spiro atoms. The van der Waals surface area contributed by atoms with Crippen molar-refractivity contribution in [2.45, 2.75) is 25.3 Å². The first-order valence-electron chi connectivity index (χ1n) is 6.85. The molecule has 1 aliphatic carbocycles. The van der Waals surface area contributed by atoms with Gasteiger partial charge in [0.1, 0.15) is 10.8 Å². The molecule has 1 heterocycles. The van der Waals surface area contributed by atoms with Gasteiger partial charge in [-0.15, -0.1) is 0 Å². The smallest absolute Gasteiger partial charge is 0.288 e. The molecular formula is C14H15ClN4O2. The number of nitro benzene ring substituents is 1. The van der Waals surface area contributed by atoms with Gasteiger partial charge in [-0.25, -0.2) is 4.98 Å². The zero-order chi connectivity index (χ0) is 14.8. The molecule has 110 valence electrons. The van der Waals surface area contributed by atoms with E-state index in [9.17, 15) is 10.1 Å². The molecule has 3 rings (SSSR count). The normalized spacial score (nSPS) is 14.3. The van der Waals surface area contributed by atoms with Gasteiger partial charge in [-0.3, -0.25) is 10.1 Å². The van der Waals surface area contributed by atoms with Crippen LogP contribution in [0.25, 0.3) is 11.3 Å². The maximum absolute atomic E-state index is 10.9. The van der Waals surface area contributed by atoms with Gasteiger partial charge in [0.05, 0.1) is 16.8 Å². The summed E-state index contributed by atoms with van der Waals surface area (Å²) < 4.78 is 0. The van der Waals surface area contributed by atoms with E-state index in [1.165, 1.54) is 25.0 Å². The summed E-state index contributed by atoms with van der Waals surface area (Å²) in [7, 11) is 0. The maximum atomic E-state index is 10.9. The molecule has 1 fully saturated rings. The summed E-state index contributed by atoms with van der Waals surface area (Å²) in [4.78, 5) is 17.9. The number of aromatic amines is 1. The zero-order valence-electron chi connectivity index (χ0n) is 11.3. The van der Waals surface area contributed by atoms with Crippen LogP contribution in [0.2, 0.25) is 5.02 Å². The highest BCUT2D eigenvalue weighted by Crippen LogP contribution is 2.29. The number of nitrogens with one attached hydrogen (secondary N) is 2. The van der Waals surface area contributed by atoms with Gasteiger partial charge in [-0.1, -0.05) is 17.7 Å². The maximum Gasteiger partial charge on any atom is 0.288 e. The number of rotatable bonds is 6. The predicted octanol–water partition coefficient (Wildman–Crippen LogP) is 2.93. The summed E-state index contributed by atoms with van der Waals surface area (Å²) in [5.74, 6) is 0.871. The molecule has 0 saturated heterocycles. The predicted molar refractivity (Wildman–Crippen MR) is 80.4 cm³/mol. The van der Waals surface area contributed by atoms with Crippen LogP contribution in [0, 0.1) is 10.1 Å². The van der Waals surface area contributed by atoms with Gasteiger partial charge < -0.3 is 10.3 Å². The molecule has 6 nitrogen and oxygen atoms in total. The summed E-state index contributed by atoms with van der Waals surface area (Å²) in [6.07, 6.45) is 5.03. The number of halogens is 1. The van der Waals surface area contributed by atoms with E-state index < -0.39 is 4.92 Å². The average molecular weight is 307 g/mol. The minimum absolute atomic E-state index is 0.0966. The number of hydrogen-bond acceptors (Lipinski definition) is 4. The lowest BCUT2D eigenvalue weighted by Gasteiger charge is -2.01. The van der Waals surface area contributed by atoms with Gasteiger partial charge in [0.15, 0.2) is 0 Å². The molecule has 0 unspecified atom stereocenters. The van der Waals surface area contributed by atoms with Crippen LogP contribution in [-0.2, 0) is 6.42 Å². The Morgan fingerprint density at radius 2 is 2.29 bits per heavy atom. The van der Waals surface area contributed by atoms with Crippen molar-refractivity contribution in [1.82, 2.24) is 15.3 Å². The molecule has 0 atom stereocenters. The molecular weight excluding hydrogens is 292 g/mol.